The first-order chi connectivity index (χ1) is 19.4. The lowest BCUT2D eigenvalue weighted by Crippen LogP contribution is -2.51. The van der Waals surface area contributed by atoms with E-state index in [1.807, 2.05) is 48.5 Å². The van der Waals surface area contributed by atoms with Crippen LogP contribution >= 0.6 is 0 Å². The number of aliphatic hydroxyl groups is 1. The third-order valence-electron chi connectivity index (χ3n) is 7.77. The summed E-state index contributed by atoms with van der Waals surface area (Å²) in [6.45, 7) is 0.297. The van der Waals surface area contributed by atoms with Crippen LogP contribution in [0.1, 0.15) is 28.3 Å². The molecule has 1 saturated carbocycles. The van der Waals surface area contributed by atoms with Crippen LogP contribution in [0.25, 0.3) is 0 Å². The lowest BCUT2D eigenvalue weighted by Gasteiger charge is -2.39. The summed E-state index contributed by atoms with van der Waals surface area (Å²) in [6, 6.07) is 27.2. The summed E-state index contributed by atoms with van der Waals surface area (Å²) in [7, 11) is 2.77. The molecule has 0 unspecified atom stereocenters. The number of hydrogen-bond acceptors (Lipinski definition) is 8. The summed E-state index contributed by atoms with van der Waals surface area (Å²) in [6.07, 6.45) is 1.45. The van der Waals surface area contributed by atoms with Crippen molar-refractivity contribution in [2.45, 2.75) is 23.7 Å². The molecular weight excluding hydrogens is 510 g/mol. The van der Waals surface area contributed by atoms with E-state index in [1.165, 1.54) is 13.3 Å². The Labute approximate surface area is 231 Å². The molecule has 1 aliphatic carbocycles. The van der Waals surface area contributed by atoms with Gasteiger partial charge in [0.25, 0.3) is 0 Å². The maximum Gasteiger partial charge on any atom is 0.317 e. The maximum absolute atomic E-state index is 14.2. The summed E-state index contributed by atoms with van der Waals surface area (Å²) >= 11 is 0. The number of pyridine rings is 1. The third kappa shape index (κ3) is 3.67. The van der Waals surface area contributed by atoms with Gasteiger partial charge in [-0.05, 0) is 23.3 Å². The smallest absolute Gasteiger partial charge is 0.317 e. The van der Waals surface area contributed by atoms with E-state index in [1.54, 1.807) is 49.6 Å². The van der Waals surface area contributed by atoms with Crippen molar-refractivity contribution in [1.82, 2.24) is 4.98 Å². The molecule has 1 aliphatic heterocycles. The first-order valence-corrected chi connectivity index (χ1v) is 12.8. The Kier molecular flexibility index (Phi) is 6.27. The number of benzene rings is 3. The Bertz CT molecular complexity index is 1560. The molecule has 0 saturated heterocycles. The fraction of sp³-hybridized carbons (Fsp3) is 0.219. The number of aromatic nitrogens is 1. The van der Waals surface area contributed by atoms with Gasteiger partial charge in [0.2, 0.25) is 5.60 Å². The van der Waals surface area contributed by atoms with Gasteiger partial charge in [0, 0.05) is 11.6 Å². The molecule has 8 heteroatoms. The van der Waals surface area contributed by atoms with Crippen LogP contribution in [-0.4, -0.2) is 36.1 Å². The number of methoxy groups -OCH3 is 2. The number of carbonyl (C=O) groups is 2. The van der Waals surface area contributed by atoms with E-state index in [0.717, 1.165) is 5.56 Å². The monoisotopic (exact) mass is 537 g/mol. The fourth-order valence-electron chi connectivity index (χ4n) is 5.96. The Morgan fingerprint density at radius 1 is 0.950 bits per heavy atom. The maximum atomic E-state index is 14.2. The van der Waals surface area contributed by atoms with Gasteiger partial charge in [-0.1, -0.05) is 72.8 Å². The summed E-state index contributed by atoms with van der Waals surface area (Å²) in [5.74, 6) is -2.60. The molecule has 0 radical (unpaired) electrons. The number of hydrogen-bond donors (Lipinski definition) is 1. The average molecular weight is 538 g/mol. The highest BCUT2D eigenvalue weighted by Gasteiger charge is 2.78. The van der Waals surface area contributed by atoms with E-state index in [0.29, 0.717) is 29.2 Å². The van der Waals surface area contributed by atoms with Crippen molar-refractivity contribution in [2.75, 3.05) is 14.2 Å². The molecule has 8 nitrogen and oxygen atoms in total. The molecule has 2 aliphatic rings. The van der Waals surface area contributed by atoms with E-state index >= 15 is 0 Å². The van der Waals surface area contributed by atoms with Crippen LogP contribution in [0.5, 0.6) is 17.2 Å². The van der Waals surface area contributed by atoms with E-state index in [4.69, 9.17) is 18.9 Å². The van der Waals surface area contributed by atoms with Gasteiger partial charge >= 0.3 is 5.97 Å². The fourth-order valence-corrected chi connectivity index (χ4v) is 5.96. The Balaban J connectivity index is 1.53. The first-order valence-electron chi connectivity index (χ1n) is 12.8. The molecule has 0 bridgehead atoms. The van der Waals surface area contributed by atoms with Gasteiger partial charge in [0.1, 0.15) is 35.5 Å². The minimum absolute atomic E-state index is 0.0210. The van der Waals surface area contributed by atoms with Crippen molar-refractivity contribution in [1.29, 1.82) is 0 Å². The van der Waals surface area contributed by atoms with Gasteiger partial charge in [-0.15, -0.1) is 0 Å². The van der Waals surface area contributed by atoms with Gasteiger partial charge < -0.3 is 24.1 Å². The summed E-state index contributed by atoms with van der Waals surface area (Å²) in [5.41, 5.74) is -1.93. The zero-order valence-electron chi connectivity index (χ0n) is 21.9. The Hall–Kier alpha value is -4.69. The van der Waals surface area contributed by atoms with Gasteiger partial charge in [0.15, 0.2) is 11.4 Å². The minimum atomic E-state index is -2.30. The van der Waals surface area contributed by atoms with Crippen molar-refractivity contribution in [2.24, 2.45) is 5.92 Å². The van der Waals surface area contributed by atoms with Crippen molar-refractivity contribution in [3.63, 3.8) is 0 Å². The third-order valence-corrected chi connectivity index (χ3v) is 7.77. The quantitative estimate of drug-likeness (QED) is 0.275. The van der Waals surface area contributed by atoms with Gasteiger partial charge in [-0.2, -0.15) is 0 Å². The molecule has 1 N–H and O–H groups in total. The minimum Gasteiger partial charge on any atom is -0.497 e. The van der Waals surface area contributed by atoms with Crippen LogP contribution in [0, 0.1) is 5.92 Å². The molecule has 0 spiro atoms. The topological polar surface area (TPSA) is 104 Å². The predicted octanol–water partition coefficient (Wildman–Crippen LogP) is 4.30. The normalized spacial score (nSPS) is 24.5. The second kappa shape index (κ2) is 9.81. The molecule has 40 heavy (non-hydrogen) atoms. The second-order valence-corrected chi connectivity index (χ2v) is 9.82. The van der Waals surface area contributed by atoms with Crippen molar-refractivity contribution in [3.05, 3.63) is 120 Å². The highest BCUT2D eigenvalue weighted by molar-refractivity contribution is 6.09. The SMILES string of the molecule is COC(=O)[C@H]1C(=O)[C@@]2(O)c3ncc(OCc4ccccc4)cc3O[C@@]2(c2ccc(OC)cc2)[C@@H]1c1ccccc1. The number of rotatable bonds is 7. The summed E-state index contributed by atoms with van der Waals surface area (Å²) in [4.78, 5) is 31.9. The van der Waals surface area contributed by atoms with Crippen LogP contribution in [-0.2, 0) is 32.1 Å². The van der Waals surface area contributed by atoms with Crippen molar-refractivity contribution < 1.29 is 33.6 Å². The van der Waals surface area contributed by atoms with Gasteiger partial charge in [-0.25, -0.2) is 4.98 Å². The number of carbonyl (C=O) groups excluding carboxylic acids is 2. The number of Topliss-reactive ketones (excluding diaryl/α,β-unsaturated/α-hetero) is 1. The molecule has 0 amide bonds. The number of fused-ring (bicyclic) bond motifs is 3. The number of nitrogens with zero attached hydrogens (tertiary/aromatic N) is 1. The average Bonchev–Trinajstić information content (AvgIpc) is 3.38. The predicted molar refractivity (Wildman–Crippen MR) is 144 cm³/mol. The van der Waals surface area contributed by atoms with Crippen LogP contribution in [0.4, 0.5) is 0 Å². The highest BCUT2D eigenvalue weighted by atomic mass is 16.5. The number of ether oxygens (including phenoxy) is 4. The van der Waals surface area contributed by atoms with Crippen LogP contribution in [0.2, 0.25) is 0 Å². The van der Waals surface area contributed by atoms with Crippen LogP contribution < -0.4 is 14.2 Å². The molecule has 2 heterocycles. The molecule has 1 aromatic heterocycles. The first kappa shape index (κ1) is 25.6. The number of ketones is 1. The zero-order chi connectivity index (χ0) is 27.9. The lowest BCUT2D eigenvalue weighted by molar-refractivity contribution is -0.155. The lowest BCUT2D eigenvalue weighted by atomic mass is 9.71. The number of esters is 1. The molecule has 3 aromatic carbocycles. The second-order valence-electron chi connectivity index (χ2n) is 9.82. The molecule has 4 atom stereocenters. The Morgan fingerprint density at radius 2 is 1.62 bits per heavy atom. The van der Waals surface area contributed by atoms with Gasteiger partial charge in [-0.3, -0.25) is 9.59 Å². The molecule has 202 valence electrons. The molecule has 6 rings (SSSR count). The standard InChI is InChI=1S/C32H27NO7/c1-37-23-15-13-22(14-16-23)32-27(21-11-7-4-8-12-21)26(30(35)38-2)29(34)31(32,36)28-25(40-32)17-24(18-33-28)39-19-20-9-5-3-6-10-20/h3-18,26-27,36H,19H2,1-2H3/t26-,27-,31+,32+/m1/s1. The van der Waals surface area contributed by atoms with E-state index < -0.39 is 34.8 Å². The van der Waals surface area contributed by atoms with Crippen LogP contribution in [0.3, 0.4) is 0 Å². The van der Waals surface area contributed by atoms with Crippen molar-refractivity contribution in [3.8, 4) is 17.2 Å². The van der Waals surface area contributed by atoms with E-state index in [2.05, 4.69) is 4.98 Å². The van der Waals surface area contributed by atoms with E-state index in [9.17, 15) is 14.7 Å². The van der Waals surface area contributed by atoms with Gasteiger partial charge in [0.05, 0.1) is 26.3 Å². The van der Waals surface area contributed by atoms with Crippen LogP contribution in [0.15, 0.2) is 97.2 Å². The Morgan fingerprint density at radius 3 is 2.27 bits per heavy atom. The van der Waals surface area contributed by atoms with E-state index in [-0.39, 0.29) is 11.4 Å². The molecule has 1 fully saturated rings. The highest BCUT2D eigenvalue weighted by Crippen LogP contribution is 2.66. The van der Waals surface area contributed by atoms with Crippen molar-refractivity contribution >= 4 is 11.8 Å². The molecule has 4 aromatic rings. The zero-order valence-corrected chi connectivity index (χ0v) is 21.9. The largest absolute Gasteiger partial charge is 0.497 e. The summed E-state index contributed by atoms with van der Waals surface area (Å²) in [5, 5.41) is 12.5. The molecular formula is C32H27NO7. The summed E-state index contributed by atoms with van der Waals surface area (Å²) < 4.78 is 23.1.